The molecule has 2 aromatic carbocycles. The summed E-state index contributed by atoms with van der Waals surface area (Å²) in [4.78, 5) is 45.5. The van der Waals surface area contributed by atoms with Gasteiger partial charge in [-0.15, -0.1) is 0 Å². The summed E-state index contributed by atoms with van der Waals surface area (Å²) in [7, 11) is 0. The van der Waals surface area contributed by atoms with Crippen LogP contribution in [0.5, 0.6) is 34.5 Å². The van der Waals surface area contributed by atoms with E-state index in [1.54, 1.807) is 0 Å². The van der Waals surface area contributed by atoms with Gasteiger partial charge in [0.15, 0.2) is 23.0 Å². The molecule has 0 saturated carbocycles. The van der Waals surface area contributed by atoms with E-state index in [2.05, 4.69) is 0 Å². The molecule has 152 valence electrons. The summed E-state index contributed by atoms with van der Waals surface area (Å²) >= 11 is 0. The number of phenols is 4. The highest BCUT2D eigenvalue weighted by atomic mass is 16.5. The van der Waals surface area contributed by atoms with Crippen molar-refractivity contribution in [2.45, 2.75) is 0 Å². The fourth-order valence-electron chi connectivity index (χ4n) is 2.33. The summed E-state index contributed by atoms with van der Waals surface area (Å²) in [6.07, 6.45) is 0. The van der Waals surface area contributed by atoms with Crippen molar-refractivity contribution in [3.05, 3.63) is 34.4 Å². The SMILES string of the molecule is O=C(O)c1cc(O)c(O)c(Oc2c(O)c(O)cc(C(=O)O)c2C(=O)O)c1C(=O)O. The molecule has 0 bridgehead atoms. The van der Waals surface area contributed by atoms with Crippen LogP contribution in [0.3, 0.4) is 0 Å². The van der Waals surface area contributed by atoms with Gasteiger partial charge in [-0.1, -0.05) is 0 Å². The molecule has 0 fully saturated rings. The van der Waals surface area contributed by atoms with Gasteiger partial charge in [0.25, 0.3) is 0 Å². The molecule has 0 unspecified atom stereocenters. The number of benzene rings is 2. The van der Waals surface area contributed by atoms with Crippen LogP contribution in [0, 0.1) is 0 Å². The van der Waals surface area contributed by atoms with Gasteiger partial charge in [-0.05, 0) is 12.1 Å². The average molecular weight is 410 g/mol. The van der Waals surface area contributed by atoms with Gasteiger partial charge in [0, 0.05) is 0 Å². The topological polar surface area (TPSA) is 239 Å². The summed E-state index contributed by atoms with van der Waals surface area (Å²) in [6.45, 7) is 0. The van der Waals surface area contributed by atoms with Crippen LogP contribution in [0.15, 0.2) is 12.1 Å². The first kappa shape index (κ1) is 20.6. The minimum absolute atomic E-state index is 0.372. The van der Waals surface area contributed by atoms with E-state index in [1.165, 1.54) is 0 Å². The lowest BCUT2D eigenvalue weighted by atomic mass is 10.0. The van der Waals surface area contributed by atoms with Crippen molar-refractivity contribution in [3.63, 3.8) is 0 Å². The van der Waals surface area contributed by atoms with Crippen LogP contribution in [0.25, 0.3) is 0 Å². The van der Waals surface area contributed by atoms with Crippen molar-refractivity contribution >= 4 is 23.9 Å². The minimum Gasteiger partial charge on any atom is -0.504 e. The first-order valence-corrected chi connectivity index (χ1v) is 7.17. The highest BCUT2D eigenvalue weighted by Gasteiger charge is 2.33. The fourth-order valence-corrected chi connectivity index (χ4v) is 2.33. The zero-order chi connectivity index (χ0) is 22.2. The van der Waals surface area contributed by atoms with Crippen molar-refractivity contribution in [3.8, 4) is 34.5 Å². The third-order valence-electron chi connectivity index (χ3n) is 3.56. The zero-order valence-electron chi connectivity index (χ0n) is 13.8. The molecule has 0 radical (unpaired) electrons. The number of aromatic hydroxyl groups is 4. The van der Waals surface area contributed by atoms with E-state index >= 15 is 0 Å². The summed E-state index contributed by atoms with van der Waals surface area (Å²) in [5.41, 5.74) is -4.69. The maximum absolute atomic E-state index is 11.5. The van der Waals surface area contributed by atoms with Crippen molar-refractivity contribution in [2.75, 3.05) is 0 Å². The first-order valence-electron chi connectivity index (χ1n) is 7.17. The zero-order valence-corrected chi connectivity index (χ0v) is 13.8. The molecule has 0 atom stereocenters. The minimum atomic E-state index is -2.00. The van der Waals surface area contributed by atoms with Crippen LogP contribution in [0.4, 0.5) is 0 Å². The fraction of sp³-hybridized carbons (Fsp3) is 0. The maximum atomic E-state index is 11.5. The maximum Gasteiger partial charge on any atom is 0.340 e. The molecule has 0 aromatic heterocycles. The van der Waals surface area contributed by atoms with Crippen LogP contribution in [-0.2, 0) is 0 Å². The number of carboxylic acid groups (broad SMARTS) is 4. The van der Waals surface area contributed by atoms with Gasteiger partial charge in [-0.2, -0.15) is 0 Å². The second kappa shape index (κ2) is 7.15. The van der Waals surface area contributed by atoms with Crippen molar-refractivity contribution in [2.24, 2.45) is 0 Å². The van der Waals surface area contributed by atoms with Gasteiger partial charge < -0.3 is 45.6 Å². The molecule has 2 rings (SSSR count). The molecule has 8 N–H and O–H groups in total. The van der Waals surface area contributed by atoms with Crippen LogP contribution >= 0.6 is 0 Å². The number of carbonyl (C=O) groups is 4. The van der Waals surface area contributed by atoms with Crippen LogP contribution < -0.4 is 4.74 Å². The summed E-state index contributed by atoms with van der Waals surface area (Å²) < 4.78 is 4.86. The third kappa shape index (κ3) is 3.46. The Morgan fingerprint density at radius 2 is 0.897 bits per heavy atom. The predicted molar refractivity (Wildman–Crippen MR) is 87.5 cm³/mol. The van der Waals surface area contributed by atoms with E-state index in [-0.39, 0.29) is 0 Å². The van der Waals surface area contributed by atoms with E-state index in [4.69, 9.17) is 14.9 Å². The number of ether oxygens (including phenoxy) is 1. The number of rotatable bonds is 6. The van der Waals surface area contributed by atoms with Crippen LogP contribution in [0.2, 0.25) is 0 Å². The normalized spacial score (nSPS) is 10.3. The molecule has 0 amide bonds. The molecule has 13 heteroatoms. The Bertz CT molecular complexity index is 998. The van der Waals surface area contributed by atoms with Gasteiger partial charge in [0.1, 0.15) is 11.1 Å². The summed E-state index contributed by atoms with van der Waals surface area (Å²) in [5, 5.41) is 75.9. The number of aromatic carboxylic acids is 4. The largest absolute Gasteiger partial charge is 0.504 e. The Labute approximate surface area is 158 Å². The van der Waals surface area contributed by atoms with E-state index < -0.39 is 80.6 Å². The van der Waals surface area contributed by atoms with Gasteiger partial charge in [-0.3, -0.25) is 0 Å². The second-order valence-corrected chi connectivity index (χ2v) is 5.31. The number of hydrogen-bond donors (Lipinski definition) is 8. The highest BCUT2D eigenvalue weighted by Crippen LogP contribution is 2.48. The lowest BCUT2D eigenvalue weighted by Crippen LogP contribution is -2.13. The van der Waals surface area contributed by atoms with E-state index in [9.17, 15) is 49.8 Å². The third-order valence-corrected chi connectivity index (χ3v) is 3.56. The number of phenolic OH excluding ortho intramolecular Hbond substituents is 4. The Morgan fingerprint density at radius 1 is 0.586 bits per heavy atom. The molecular weight excluding hydrogens is 400 g/mol. The molecule has 0 saturated heterocycles. The Hall–Kier alpha value is -4.68. The number of hydrogen-bond acceptors (Lipinski definition) is 9. The molecule has 2 aromatic rings. The Kier molecular flexibility index (Phi) is 5.08. The van der Waals surface area contributed by atoms with Gasteiger partial charge in [0.2, 0.25) is 11.5 Å². The summed E-state index contributed by atoms with van der Waals surface area (Å²) in [6, 6.07) is 0.744. The smallest absolute Gasteiger partial charge is 0.340 e. The molecule has 0 aliphatic heterocycles. The van der Waals surface area contributed by atoms with Crippen molar-refractivity contribution in [1.82, 2.24) is 0 Å². The summed E-state index contributed by atoms with van der Waals surface area (Å²) in [5.74, 6) is -15.5. The van der Waals surface area contributed by atoms with Crippen LogP contribution in [-0.4, -0.2) is 64.7 Å². The Morgan fingerprint density at radius 3 is 1.14 bits per heavy atom. The second-order valence-electron chi connectivity index (χ2n) is 5.31. The average Bonchev–Trinajstić information content (AvgIpc) is 2.60. The highest BCUT2D eigenvalue weighted by molar-refractivity contribution is 6.07. The van der Waals surface area contributed by atoms with Gasteiger partial charge >= 0.3 is 23.9 Å². The predicted octanol–water partition coefficient (Wildman–Crippen LogP) is 1.09. The van der Waals surface area contributed by atoms with E-state index in [0.29, 0.717) is 12.1 Å². The monoisotopic (exact) mass is 410 g/mol. The van der Waals surface area contributed by atoms with Gasteiger partial charge in [0.05, 0.1) is 11.1 Å². The van der Waals surface area contributed by atoms with Crippen molar-refractivity contribution < 1.29 is 64.8 Å². The first-order chi connectivity index (χ1) is 13.4. The molecule has 13 nitrogen and oxygen atoms in total. The molecule has 0 aliphatic carbocycles. The number of carboxylic acids is 4. The quantitative estimate of drug-likeness (QED) is 0.311. The van der Waals surface area contributed by atoms with E-state index in [1.807, 2.05) is 0 Å². The van der Waals surface area contributed by atoms with Crippen LogP contribution in [0.1, 0.15) is 41.4 Å². The standard InChI is InChI=1S/C16H10O13/c17-5-1-3(13(21)22)7(15(25)26)11(9(5)19)29-12-8(16(27)28)4(14(23)24)2-6(18)10(12)20/h1-2,17-20H,(H,21,22)(H,23,24)(H,25,26)(H,27,28). The molecule has 29 heavy (non-hydrogen) atoms. The van der Waals surface area contributed by atoms with Crippen molar-refractivity contribution in [1.29, 1.82) is 0 Å². The Balaban J connectivity index is 2.95. The molecule has 0 heterocycles. The lowest BCUT2D eigenvalue weighted by Gasteiger charge is -2.17. The molecule has 0 aliphatic rings. The molecule has 0 spiro atoms. The van der Waals surface area contributed by atoms with E-state index in [0.717, 1.165) is 0 Å². The van der Waals surface area contributed by atoms with Gasteiger partial charge in [-0.25, -0.2) is 19.2 Å². The molecular formula is C16H10O13. The lowest BCUT2D eigenvalue weighted by molar-refractivity contribution is 0.0643.